The molecular formula is C16H10F3N3. The first-order chi connectivity index (χ1) is 10.5. The molecular weight excluding hydrogens is 291 g/mol. The second-order valence-corrected chi connectivity index (χ2v) is 5.15. The van der Waals surface area contributed by atoms with Crippen molar-refractivity contribution in [3.05, 3.63) is 59.4 Å². The number of hydrogen-bond donors (Lipinski definition) is 0. The highest BCUT2D eigenvalue weighted by Crippen LogP contribution is 2.38. The average Bonchev–Trinajstić information content (AvgIpc) is 3.12. The van der Waals surface area contributed by atoms with Crippen molar-refractivity contribution in [3.8, 4) is 11.1 Å². The highest BCUT2D eigenvalue weighted by molar-refractivity contribution is 5.97. The predicted molar refractivity (Wildman–Crippen MR) is 76.9 cm³/mol. The molecule has 1 aliphatic heterocycles. The van der Waals surface area contributed by atoms with E-state index in [1.54, 1.807) is 23.1 Å². The lowest BCUT2D eigenvalue weighted by Gasteiger charge is -2.12. The fourth-order valence-electron chi connectivity index (χ4n) is 2.76. The van der Waals surface area contributed by atoms with Gasteiger partial charge in [0.2, 0.25) is 0 Å². The van der Waals surface area contributed by atoms with Crippen LogP contribution in [0, 0.1) is 0 Å². The summed E-state index contributed by atoms with van der Waals surface area (Å²) < 4.78 is 41.0. The van der Waals surface area contributed by atoms with E-state index in [0.717, 1.165) is 11.1 Å². The first kappa shape index (κ1) is 13.1. The number of hydrogen-bond acceptors (Lipinski definition) is 2. The lowest BCUT2D eigenvalue weighted by Crippen LogP contribution is -2.07. The number of aromatic nitrogens is 2. The highest BCUT2D eigenvalue weighted by atomic mass is 19.4. The van der Waals surface area contributed by atoms with E-state index >= 15 is 0 Å². The molecule has 110 valence electrons. The lowest BCUT2D eigenvalue weighted by atomic mass is 9.95. The van der Waals surface area contributed by atoms with Crippen LogP contribution in [0.2, 0.25) is 0 Å². The molecule has 2 aromatic heterocycles. The summed E-state index contributed by atoms with van der Waals surface area (Å²) in [5, 5.41) is 4.20. The van der Waals surface area contributed by atoms with E-state index in [1.807, 2.05) is 18.2 Å². The summed E-state index contributed by atoms with van der Waals surface area (Å²) in [6, 6.07) is 7.85. The largest absolute Gasteiger partial charge is 0.416 e. The fraction of sp³-hybridized carbons (Fsp3) is 0.125. The summed E-state index contributed by atoms with van der Waals surface area (Å²) in [5.74, 6) is 0. The van der Waals surface area contributed by atoms with E-state index in [-0.39, 0.29) is 6.54 Å². The van der Waals surface area contributed by atoms with Crippen molar-refractivity contribution in [2.24, 2.45) is 4.99 Å². The number of halogens is 3. The third-order valence-corrected chi connectivity index (χ3v) is 3.79. The molecule has 0 unspecified atom stereocenters. The van der Waals surface area contributed by atoms with Gasteiger partial charge in [0, 0.05) is 23.5 Å². The van der Waals surface area contributed by atoms with Crippen molar-refractivity contribution in [2.75, 3.05) is 0 Å². The Balaban J connectivity index is 2.02. The molecule has 0 amide bonds. The Morgan fingerprint density at radius 2 is 1.95 bits per heavy atom. The molecule has 22 heavy (non-hydrogen) atoms. The Labute approximate surface area is 123 Å². The van der Waals surface area contributed by atoms with Gasteiger partial charge in [-0.1, -0.05) is 6.07 Å². The second-order valence-electron chi connectivity index (χ2n) is 5.15. The Morgan fingerprint density at radius 3 is 2.77 bits per heavy atom. The Morgan fingerprint density at radius 1 is 1.09 bits per heavy atom. The molecule has 0 radical (unpaired) electrons. The van der Waals surface area contributed by atoms with Crippen LogP contribution in [0.4, 0.5) is 13.2 Å². The van der Waals surface area contributed by atoms with Crippen LogP contribution in [0.3, 0.4) is 0 Å². The molecule has 1 aliphatic rings. The molecule has 3 nitrogen and oxygen atoms in total. The molecule has 3 aromatic rings. The number of rotatable bonds is 1. The molecule has 0 spiro atoms. The first-order valence-corrected chi connectivity index (χ1v) is 6.71. The van der Waals surface area contributed by atoms with Crippen LogP contribution in [0.25, 0.3) is 16.6 Å². The van der Waals surface area contributed by atoms with Crippen LogP contribution < -0.4 is 0 Å². The monoisotopic (exact) mass is 301 g/mol. The van der Waals surface area contributed by atoms with Crippen LogP contribution in [0.5, 0.6) is 0 Å². The standard InChI is InChI=1S/C16H10F3N3/c17-16(18,19)11-5-10-7-20-8-13(10)12(6-11)14-9-21-22-4-2-1-3-15(14)22/h1-6,8-9H,7H2. The van der Waals surface area contributed by atoms with Crippen LogP contribution in [0.1, 0.15) is 16.7 Å². The number of benzene rings is 1. The molecule has 4 rings (SSSR count). The minimum atomic E-state index is -4.38. The topological polar surface area (TPSA) is 29.7 Å². The van der Waals surface area contributed by atoms with E-state index < -0.39 is 11.7 Å². The molecule has 0 fully saturated rings. The number of nitrogens with zero attached hydrogens (tertiary/aromatic N) is 3. The van der Waals surface area contributed by atoms with Gasteiger partial charge in [-0.15, -0.1) is 0 Å². The SMILES string of the molecule is FC(F)(F)c1cc2c(c(-c3cnn4ccccc34)c1)C=NC2. The molecule has 3 heterocycles. The smallest absolute Gasteiger partial charge is 0.288 e. The summed E-state index contributed by atoms with van der Waals surface area (Å²) in [5.41, 5.74) is 2.65. The van der Waals surface area contributed by atoms with Gasteiger partial charge in [-0.2, -0.15) is 18.3 Å². The van der Waals surface area contributed by atoms with Gasteiger partial charge < -0.3 is 0 Å². The Bertz CT molecular complexity index is 907. The van der Waals surface area contributed by atoms with Gasteiger partial charge in [0.1, 0.15) is 0 Å². The zero-order valence-electron chi connectivity index (χ0n) is 11.3. The quantitative estimate of drug-likeness (QED) is 0.669. The van der Waals surface area contributed by atoms with Gasteiger partial charge in [0.05, 0.1) is 23.8 Å². The third-order valence-electron chi connectivity index (χ3n) is 3.79. The maximum Gasteiger partial charge on any atom is 0.416 e. The molecule has 6 heteroatoms. The summed E-state index contributed by atoms with van der Waals surface area (Å²) in [6.45, 7) is 0.283. The molecule has 0 aliphatic carbocycles. The van der Waals surface area contributed by atoms with Crippen molar-refractivity contribution in [1.29, 1.82) is 0 Å². The van der Waals surface area contributed by atoms with Gasteiger partial charge in [-0.25, -0.2) is 4.52 Å². The summed E-state index contributed by atoms with van der Waals surface area (Å²) in [4.78, 5) is 4.11. The van der Waals surface area contributed by atoms with E-state index in [9.17, 15) is 13.2 Å². The van der Waals surface area contributed by atoms with Gasteiger partial charge >= 0.3 is 6.18 Å². The fourth-order valence-corrected chi connectivity index (χ4v) is 2.76. The first-order valence-electron chi connectivity index (χ1n) is 6.71. The summed E-state index contributed by atoms with van der Waals surface area (Å²) in [7, 11) is 0. The molecule has 0 saturated carbocycles. The zero-order valence-corrected chi connectivity index (χ0v) is 11.3. The number of alkyl halides is 3. The average molecular weight is 301 g/mol. The van der Waals surface area contributed by atoms with Gasteiger partial charge in [-0.3, -0.25) is 4.99 Å². The van der Waals surface area contributed by atoms with Crippen molar-refractivity contribution >= 4 is 11.7 Å². The molecule has 0 atom stereocenters. The third kappa shape index (κ3) is 1.91. The molecule has 0 saturated heterocycles. The van der Waals surface area contributed by atoms with Crippen LogP contribution in [0.15, 0.2) is 47.7 Å². The summed E-state index contributed by atoms with van der Waals surface area (Å²) in [6.07, 6.45) is 0.616. The lowest BCUT2D eigenvalue weighted by molar-refractivity contribution is -0.137. The minimum Gasteiger partial charge on any atom is -0.288 e. The molecule has 1 aromatic carbocycles. The maximum absolute atomic E-state index is 13.1. The number of pyridine rings is 1. The van der Waals surface area contributed by atoms with Crippen molar-refractivity contribution in [2.45, 2.75) is 12.7 Å². The van der Waals surface area contributed by atoms with Gasteiger partial charge in [-0.05, 0) is 35.4 Å². The Kier molecular flexibility index (Phi) is 2.63. The van der Waals surface area contributed by atoms with Crippen LogP contribution in [-0.2, 0) is 12.7 Å². The maximum atomic E-state index is 13.1. The molecule has 0 N–H and O–H groups in total. The Hall–Kier alpha value is -2.63. The number of aliphatic imine (C=N–C) groups is 1. The predicted octanol–water partition coefficient (Wildman–Crippen LogP) is 3.95. The van der Waals surface area contributed by atoms with E-state index in [4.69, 9.17) is 0 Å². The zero-order chi connectivity index (χ0) is 15.3. The minimum absolute atomic E-state index is 0.283. The normalized spacial score (nSPS) is 13.8. The van der Waals surface area contributed by atoms with Crippen molar-refractivity contribution < 1.29 is 13.2 Å². The van der Waals surface area contributed by atoms with E-state index in [0.29, 0.717) is 16.7 Å². The van der Waals surface area contributed by atoms with Gasteiger partial charge in [0.15, 0.2) is 0 Å². The number of fused-ring (bicyclic) bond motifs is 2. The van der Waals surface area contributed by atoms with E-state index in [2.05, 4.69) is 10.1 Å². The van der Waals surface area contributed by atoms with Crippen LogP contribution in [-0.4, -0.2) is 15.8 Å². The van der Waals surface area contributed by atoms with Gasteiger partial charge in [0.25, 0.3) is 0 Å². The summed E-state index contributed by atoms with van der Waals surface area (Å²) >= 11 is 0. The highest BCUT2D eigenvalue weighted by Gasteiger charge is 2.33. The second kappa shape index (κ2) is 4.43. The van der Waals surface area contributed by atoms with Crippen molar-refractivity contribution in [1.82, 2.24) is 9.61 Å². The van der Waals surface area contributed by atoms with E-state index in [1.165, 1.54) is 12.1 Å². The van der Waals surface area contributed by atoms with Crippen LogP contribution >= 0.6 is 0 Å². The molecule has 0 bridgehead atoms. The van der Waals surface area contributed by atoms with Crippen molar-refractivity contribution in [3.63, 3.8) is 0 Å².